The number of hydrogen-bond acceptors (Lipinski definition) is 8. The number of nitrogen functional groups attached to an aromatic ring is 1. The van der Waals surface area contributed by atoms with Crippen LogP contribution in [0, 0.1) is 18.6 Å². The summed E-state index contributed by atoms with van der Waals surface area (Å²) in [7, 11) is 0. The average molecular weight is 574 g/mol. The highest BCUT2D eigenvalue weighted by Crippen LogP contribution is 2.45. The number of hydrogen-bond donors (Lipinski definition) is 3. The second-order valence-corrected chi connectivity index (χ2v) is 9.79. The topological polar surface area (TPSA) is 101 Å². The summed E-state index contributed by atoms with van der Waals surface area (Å²) < 4.78 is 107. The van der Waals surface area contributed by atoms with Crippen LogP contribution in [0.1, 0.15) is 30.9 Å². The molecular weight excluding hydrogens is 547 g/mol. The molecule has 15 heteroatoms. The standard InChI is InChI=1S/C25H26F7N7O/c1-10-4-8-39(10)24-37-20-15-22(38-24)35-7-6-34-5-3-14(21(28)29)40-23(15)36-19(18(20)27)12-9-13(33)17(26)11(2)16(12)25(30,31)32/h9-10,14,21,34H,3-8,33H2,1-2H3,(H,35,37,38). The Bertz CT molecular complexity index is 1450. The summed E-state index contributed by atoms with van der Waals surface area (Å²) in [6, 6.07) is 0.627. The third-order valence-electron chi connectivity index (χ3n) is 7.13. The molecule has 8 nitrogen and oxygen atoms in total. The minimum Gasteiger partial charge on any atom is -0.468 e. The molecule has 0 radical (unpaired) electrons. The number of rotatable bonds is 3. The molecule has 2 atom stereocenters. The summed E-state index contributed by atoms with van der Waals surface area (Å²) >= 11 is 0. The second kappa shape index (κ2) is 10.4. The van der Waals surface area contributed by atoms with Crippen LogP contribution in [0.2, 0.25) is 0 Å². The van der Waals surface area contributed by atoms with E-state index >= 15 is 4.39 Å². The van der Waals surface area contributed by atoms with Crippen molar-refractivity contribution in [2.24, 2.45) is 0 Å². The summed E-state index contributed by atoms with van der Waals surface area (Å²) in [6.45, 7) is 4.05. The van der Waals surface area contributed by atoms with Gasteiger partial charge in [0.05, 0.1) is 11.3 Å². The van der Waals surface area contributed by atoms with E-state index < -0.39 is 69.8 Å². The molecule has 1 fully saturated rings. The van der Waals surface area contributed by atoms with Crippen LogP contribution in [0.15, 0.2) is 6.07 Å². The highest BCUT2D eigenvalue weighted by molar-refractivity contribution is 5.97. The fourth-order valence-corrected chi connectivity index (χ4v) is 4.85. The molecule has 0 spiro atoms. The van der Waals surface area contributed by atoms with Gasteiger partial charge >= 0.3 is 6.18 Å². The SMILES string of the molecule is Cc1c(F)c(N)cc(-c2nc3c4c(nc(N5CCC5C)nc4c2F)NCCNCCC(C(F)F)O3)c1C(F)(F)F. The van der Waals surface area contributed by atoms with Crippen LogP contribution in [0.25, 0.3) is 22.2 Å². The van der Waals surface area contributed by atoms with Crippen LogP contribution in [0.5, 0.6) is 5.88 Å². The molecule has 4 heterocycles. The molecule has 216 valence electrons. The van der Waals surface area contributed by atoms with E-state index in [-0.39, 0.29) is 42.7 Å². The number of benzene rings is 1. The predicted octanol–water partition coefficient (Wildman–Crippen LogP) is 4.90. The first-order chi connectivity index (χ1) is 18.9. The van der Waals surface area contributed by atoms with Gasteiger partial charge in [-0.05, 0) is 38.4 Å². The summed E-state index contributed by atoms with van der Waals surface area (Å²) in [6.07, 6.45) is -9.23. The van der Waals surface area contributed by atoms with E-state index in [0.717, 1.165) is 13.3 Å². The summed E-state index contributed by atoms with van der Waals surface area (Å²) in [5, 5.41) is 5.79. The molecule has 1 aromatic carbocycles. The lowest BCUT2D eigenvalue weighted by Gasteiger charge is -2.38. The van der Waals surface area contributed by atoms with Crippen LogP contribution in [-0.4, -0.2) is 59.7 Å². The van der Waals surface area contributed by atoms with Gasteiger partial charge in [0, 0.05) is 37.7 Å². The molecule has 2 aliphatic heterocycles. The van der Waals surface area contributed by atoms with Crippen molar-refractivity contribution in [2.45, 2.75) is 51.4 Å². The van der Waals surface area contributed by atoms with Crippen molar-refractivity contribution in [3.8, 4) is 17.1 Å². The van der Waals surface area contributed by atoms with Gasteiger partial charge in [0.15, 0.2) is 11.9 Å². The molecule has 0 aliphatic carbocycles. The number of nitrogens with zero attached hydrogens (tertiary/aromatic N) is 4. The molecule has 2 aliphatic rings. The number of anilines is 3. The normalized spacial score (nSPS) is 20.1. The average Bonchev–Trinajstić information content (AvgIpc) is 2.91. The fraction of sp³-hybridized carbons (Fsp3) is 0.480. The van der Waals surface area contributed by atoms with E-state index in [1.807, 2.05) is 6.92 Å². The van der Waals surface area contributed by atoms with Gasteiger partial charge in [-0.1, -0.05) is 0 Å². The van der Waals surface area contributed by atoms with Gasteiger partial charge in [-0.2, -0.15) is 18.2 Å². The lowest BCUT2D eigenvalue weighted by molar-refractivity contribution is -0.137. The Morgan fingerprint density at radius 2 is 1.82 bits per heavy atom. The first kappa shape index (κ1) is 27.9. The Morgan fingerprint density at radius 1 is 1.07 bits per heavy atom. The van der Waals surface area contributed by atoms with Gasteiger partial charge in [0.25, 0.3) is 6.43 Å². The number of ether oxygens (including phenoxy) is 1. The van der Waals surface area contributed by atoms with Gasteiger partial charge in [-0.3, -0.25) is 0 Å². The molecule has 0 bridgehead atoms. The van der Waals surface area contributed by atoms with Crippen LogP contribution in [0.3, 0.4) is 0 Å². The molecular formula is C25H26F7N7O. The Morgan fingerprint density at radius 3 is 2.45 bits per heavy atom. The number of nitrogens with two attached hydrogens (primary N) is 1. The fourth-order valence-electron chi connectivity index (χ4n) is 4.85. The zero-order chi connectivity index (χ0) is 28.9. The molecule has 4 N–H and O–H groups in total. The zero-order valence-corrected chi connectivity index (χ0v) is 21.5. The largest absolute Gasteiger partial charge is 0.468 e. The Kier molecular flexibility index (Phi) is 7.27. The summed E-state index contributed by atoms with van der Waals surface area (Å²) in [5.74, 6) is -3.08. The van der Waals surface area contributed by atoms with E-state index in [9.17, 15) is 26.3 Å². The van der Waals surface area contributed by atoms with Gasteiger partial charge in [-0.15, -0.1) is 0 Å². The van der Waals surface area contributed by atoms with Gasteiger partial charge in [0.2, 0.25) is 11.8 Å². The van der Waals surface area contributed by atoms with Crippen molar-refractivity contribution in [1.82, 2.24) is 20.3 Å². The molecule has 0 amide bonds. The zero-order valence-electron chi connectivity index (χ0n) is 21.5. The van der Waals surface area contributed by atoms with Crippen LogP contribution in [-0.2, 0) is 6.18 Å². The Balaban J connectivity index is 1.85. The van der Waals surface area contributed by atoms with Gasteiger partial charge < -0.3 is 26.0 Å². The molecule has 2 unspecified atom stereocenters. The maximum absolute atomic E-state index is 16.3. The number of halogens is 7. The van der Waals surface area contributed by atoms with E-state index in [1.54, 1.807) is 4.90 Å². The third-order valence-corrected chi connectivity index (χ3v) is 7.13. The quantitative estimate of drug-likeness (QED) is 0.301. The first-order valence-electron chi connectivity index (χ1n) is 12.6. The number of aromatic nitrogens is 3. The van der Waals surface area contributed by atoms with Crippen LogP contribution in [0.4, 0.5) is 48.2 Å². The van der Waals surface area contributed by atoms with Crippen LogP contribution < -0.4 is 26.0 Å². The minimum absolute atomic E-state index is 0.00809. The Hall–Kier alpha value is -3.62. The maximum atomic E-state index is 16.3. The lowest BCUT2D eigenvalue weighted by Crippen LogP contribution is -2.46. The number of alkyl halides is 5. The smallest absolute Gasteiger partial charge is 0.417 e. The van der Waals surface area contributed by atoms with Crippen molar-refractivity contribution in [2.75, 3.05) is 42.1 Å². The number of nitrogens with one attached hydrogen (secondary N) is 2. The first-order valence-corrected chi connectivity index (χ1v) is 12.6. The number of pyridine rings is 1. The van der Waals surface area contributed by atoms with E-state index in [1.165, 1.54) is 0 Å². The predicted molar refractivity (Wildman–Crippen MR) is 135 cm³/mol. The van der Waals surface area contributed by atoms with Crippen molar-refractivity contribution in [3.05, 3.63) is 28.8 Å². The molecule has 1 saturated heterocycles. The van der Waals surface area contributed by atoms with Crippen molar-refractivity contribution in [1.29, 1.82) is 0 Å². The van der Waals surface area contributed by atoms with Gasteiger partial charge in [0.1, 0.15) is 28.2 Å². The van der Waals surface area contributed by atoms with Crippen molar-refractivity contribution in [3.63, 3.8) is 0 Å². The molecule has 2 aromatic heterocycles. The Labute approximate surface area is 224 Å². The lowest BCUT2D eigenvalue weighted by atomic mass is 9.96. The highest BCUT2D eigenvalue weighted by atomic mass is 19.4. The van der Waals surface area contributed by atoms with E-state index in [2.05, 4.69) is 25.6 Å². The minimum atomic E-state index is -5.13. The highest BCUT2D eigenvalue weighted by Gasteiger charge is 2.40. The summed E-state index contributed by atoms with van der Waals surface area (Å²) in [4.78, 5) is 14.5. The van der Waals surface area contributed by atoms with Gasteiger partial charge in [-0.25, -0.2) is 27.5 Å². The van der Waals surface area contributed by atoms with Crippen molar-refractivity contribution < 1.29 is 35.5 Å². The monoisotopic (exact) mass is 573 g/mol. The molecule has 3 aromatic rings. The maximum Gasteiger partial charge on any atom is 0.417 e. The second-order valence-electron chi connectivity index (χ2n) is 9.79. The van der Waals surface area contributed by atoms with E-state index in [4.69, 9.17) is 10.5 Å². The van der Waals surface area contributed by atoms with Crippen molar-refractivity contribution >= 4 is 28.4 Å². The molecule has 0 saturated carbocycles. The van der Waals surface area contributed by atoms with Crippen LogP contribution >= 0.6 is 0 Å². The van der Waals surface area contributed by atoms with E-state index in [0.29, 0.717) is 19.2 Å². The third kappa shape index (κ3) is 4.90. The summed E-state index contributed by atoms with van der Waals surface area (Å²) in [5.41, 5.74) is 0.307. The molecule has 40 heavy (non-hydrogen) atoms. The molecule has 5 rings (SSSR count).